The van der Waals surface area contributed by atoms with E-state index in [0.717, 1.165) is 16.6 Å². The van der Waals surface area contributed by atoms with Gasteiger partial charge in [0, 0.05) is 5.38 Å². The Bertz CT molecular complexity index is 478. The average molecular weight is 234 g/mol. The highest BCUT2D eigenvalue weighted by atomic mass is 32.1. The molecular formula is C11H14N4S. The van der Waals surface area contributed by atoms with Crippen molar-refractivity contribution in [2.45, 2.75) is 19.8 Å². The van der Waals surface area contributed by atoms with Gasteiger partial charge < -0.3 is 11.1 Å². The smallest absolute Gasteiger partial charge is 0.188 e. The van der Waals surface area contributed by atoms with E-state index in [2.05, 4.69) is 34.5 Å². The lowest BCUT2D eigenvalue weighted by atomic mass is 10.2. The third-order valence-electron chi connectivity index (χ3n) is 2.12. The van der Waals surface area contributed by atoms with E-state index in [4.69, 9.17) is 5.73 Å². The first kappa shape index (κ1) is 10.9. The summed E-state index contributed by atoms with van der Waals surface area (Å²) in [5.41, 5.74) is 6.69. The molecule has 0 saturated carbocycles. The first-order valence-electron chi connectivity index (χ1n) is 5.10. The summed E-state index contributed by atoms with van der Waals surface area (Å²) in [6, 6.07) is 5.49. The van der Waals surface area contributed by atoms with Gasteiger partial charge in [-0.1, -0.05) is 19.9 Å². The summed E-state index contributed by atoms with van der Waals surface area (Å²) in [6.45, 7) is 4.25. The van der Waals surface area contributed by atoms with Crippen LogP contribution in [0.2, 0.25) is 0 Å². The molecule has 0 aliphatic rings. The quantitative estimate of drug-likeness (QED) is 0.857. The van der Waals surface area contributed by atoms with Crippen LogP contribution in [0.15, 0.2) is 23.6 Å². The molecule has 2 heterocycles. The maximum Gasteiger partial charge on any atom is 0.188 e. The second-order valence-electron chi connectivity index (χ2n) is 3.80. The monoisotopic (exact) mass is 234 g/mol. The molecule has 0 amide bonds. The van der Waals surface area contributed by atoms with E-state index in [0.29, 0.717) is 11.7 Å². The molecule has 4 nitrogen and oxygen atoms in total. The van der Waals surface area contributed by atoms with Gasteiger partial charge in [-0.15, -0.1) is 11.3 Å². The van der Waals surface area contributed by atoms with Crippen molar-refractivity contribution in [2.75, 3.05) is 11.1 Å². The van der Waals surface area contributed by atoms with Gasteiger partial charge in [0.1, 0.15) is 11.6 Å². The molecule has 0 unspecified atom stereocenters. The number of nitrogen functional groups attached to an aromatic ring is 1. The minimum Gasteiger partial charge on any atom is -0.384 e. The zero-order valence-corrected chi connectivity index (χ0v) is 10.1. The Morgan fingerprint density at radius 2 is 2.12 bits per heavy atom. The van der Waals surface area contributed by atoms with E-state index in [1.54, 1.807) is 17.4 Å². The van der Waals surface area contributed by atoms with E-state index in [1.165, 1.54) is 0 Å². The largest absolute Gasteiger partial charge is 0.384 e. The molecule has 0 aliphatic carbocycles. The Morgan fingerprint density at radius 1 is 1.31 bits per heavy atom. The minimum atomic E-state index is 0.445. The van der Waals surface area contributed by atoms with Gasteiger partial charge in [-0.3, -0.25) is 0 Å². The van der Waals surface area contributed by atoms with Gasteiger partial charge in [0.15, 0.2) is 5.13 Å². The van der Waals surface area contributed by atoms with Crippen molar-refractivity contribution in [1.29, 1.82) is 0 Å². The molecule has 5 heteroatoms. The molecule has 0 aromatic carbocycles. The van der Waals surface area contributed by atoms with Crippen LogP contribution in [0.5, 0.6) is 0 Å². The summed E-state index contributed by atoms with van der Waals surface area (Å²) >= 11 is 1.58. The Kier molecular flexibility index (Phi) is 3.05. The second-order valence-corrected chi connectivity index (χ2v) is 4.66. The Balaban J connectivity index is 2.14. The summed E-state index contributed by atoms with van der Waals surface area (Å²) in [6.07, 6.45) is 0. The molecule has 3 N–H and O–H groups in total. The minimum absolute atomic E-state index is 0.445. The molecule has 0 spiro atoms. The predicted octanol–water partition coefficient (Wildman–Crippen LogP) is 2.99. The maximum atomic E-state index is 5.60. The number of nitrogens with two attached hydrogens (primary N) is 1. The standard InChI is InChI=1S/C11H14N4S/c1-7(2)8-6-16-11(13-8)15-10-5-3-4-9(12)14-10/h3-7H,1-2H3,(H3,12,13,14,15). The van der Waals surface area contributed by atoms with Crippen LogP contribution in [-0.2, 0) is 0 Å². The number of pyridine rings is 1. The van der Waals surface area contributed by atoms with Crippen LogP contribution in [0.4, 0.5) is 16.8 Å². The normalized spacial score (nSPS) is 10.7. The van der Waals surface area contributed by atoms with Gasteiger partial charge in [-0.2, -0.15) is 0 Å². The summed E-state index contributed by atoms with van der Waals surface area (Å²) in [5.74, 6) is 1.68. The van der Waals surface area contributed by atoms with E-state index in [1.807, 2.05) is 12.1 Å². The highest BCUT2D eigenvalue weighted by Gasteiger charge is 2.05. The van der Waals surface area contributed by atoms with Crippen LogP contribution in [0, 0.1) is 0 Å². The molecule has 0 radical (unpaired) electrons. The van der Waals surface area contributed by atoms with E-state index in [-0.39, 0.29) is 0 Å². The van der Waals surface area contributed by atoms with E-state index in [9.17, 15) is 0 Å². The van der Waals surface area contributed by atoms with Crippen LogP contribution >= 0.6 is 11.3 Å². The lowest BCUT2D eigenvalue weighted by molar-refractivity contribution is 0.834. The molecular weight excluding hydrogens is 220 g/mol. The second kappa shape index (κ2) is 4.49. The number of hydrogen-bond acceptors (Lipinski definition) is 5. The third kappa shape index (κ3) is 2.49. The van der Waals surface area contributed by atoms with Crippen molar-refractivity contribution in [3.63, 3.8) is 0 Å². The summed E-state index contributed by atoms with van der Waals surface area (Å²) in [4.78, 5) is 8.62. The fraction of sp³-hybridized carbons (Fsp3) is 0.273. The van der Waals surface area contributed by atoms with Crippen molar-refractivity contribution in [1.82, 2.24) is 9.97 Å². The molecule has 2 aromatic rings. The van der Waals surface area contributed by atoms with Gasteiger partial charge in [-0.05, 0) is 18.1 Å². The van der Waals surface area contributed by atoms with Gasteiger partial charge >= 0.3 is 0 Å². The molecule has 16 heavy (non-hydrogen) atoms. The fourth-order valence-corrected chi connectivity index (χ4v) is 2.12. The molecule has 0 saturated heterocycles. The van der Waals surface area contributed by atoms with E-state index >= 15 is 0 Å². The van der Waals surface area contributed by atoms with Crippen molar-refractivity contribution in [3.8, 4) is 0 Å². The Morgan fingerprint density at radius 3 is 2.75 bits per heavy atom. The van der Waals surface area contributed by atoms with Crippen LogP contribution in [0.1, 0.15) is 25.5 Å². The van der Waals surface area contributed by atoms with Crippen LogP contribution in [0.25, 0.3) is 0 Å². The average Bonchev–Trinajstić information content (AvgIpc) is 2.66. The van der Waals surface area contributed by atoms with Crippen molar-refractivity contribution in [2.24, 2.45) is 0 Å². The third-order valence-corrected chi connectivity index (χ3v) is 2.90. The van der Waals surface area contributed by atoms with Gasteiger partial charge in [0.05, 0.1) is 5.69 Å². The number of anilines is 3. The molecule has 0 aliphatic heterocycles. The summed E-state index contributed by atoms with van der Waals surface area (Å²) < 4.78 is 0. The summed E-state index contributed by atoms with van der Waals surface area (Å²) in [7, 11) is 0. The molecule has 2 rings (SSSR count). The number of rotatable bonds is 3. The van der Waals surface area contributed by atoms with Crippen molar-refractivity contribution in [3.05, 3.63) is 29.3 Å². The van der Waals surface area contributed by atoms with Crippen LogP contribution < -0.4 is 11.1 Å². The number of nitrogens with zero attached hydrogens (tertiary/aromatic N) is 2. The van der Waals surface area contributed by atoms with Gasteiger partial charge in [0.2, 0.25) is 0 Å². The molecule has 0 bridgehead atoms. The first-order valence-corrected chi connectivity index (χ1v) is 5.98. The zero-order chi connectivity index (χ0) is 11.5. The number of hydrogen-bond donors (Lipinski definition) is 2. The number of nitrogens with one attached hydrogen (secondary N) is 1. The zero-order valence-electron chi connectivity index (χ0n) is 9.27. The Labute approximate surface area is 98.6 Å². The highest BCUT2D eigenvalue weighted by Crippen LogP contribution is 2.23. The van der Waals surface area contributed by atoms with Crippen molar-refractivity contribution >= 4 is 28.1 Å². The maximum absolute atomic E-state index is 5.60. The van der Waals surface area contributed by atoms with Gasteiger partial charge in [-0.25, -0.2) is 9.97 Å². The SMILES string of the molecule is CC(C)c1csc(Nc2cccc(N)n2)n1. The first-order chi connectivity index (χ1) is 7.65. The van der Waals surface area contributed by atoms with E-state index < -0.39 is 0 Å². The molecule has 2 aromatic heterocycles. The Hall–Kier alpha value is -1.62. The van der Waals surface area contributed by atoms with Crippen LogP contribution in [-0.4, -0.2) is 9.97 Å². The lowest BCUT2D eigenvalue weighted by Crippen LogP contribution is -1.96. The van der Waals surface area contributed by atoms with Gasteiger partial charge in [0.25, 0.3) is 0 Å². The topological polar surface area (TPSA) is 63.8 Å². The van der Waals surface area contributed by atoms with Crippen LogP contribution in [0.3, 0.4) is 0 Å². The number of thiazole rings is 1. The fourth-order valence-electron chi connectivity index (χ4n) is 1.24. The molecule has 0 fully saturated rings. The summed E-state index contributed by atoms with van der Waals surface area (Å²) in [5, 5.41) is 6.04. The number of aromatic nitrogens is 2. The predicted molar refractivity (Wildman–Crippen MR) is 68.1 cm³/mol. The molecule has 0 atom stereocenters. The highest BCUT2D eigenvalue weighted by molar-refractivity contribution is 7.13. The molecule has 84 valence electrons. The lowest BCUT2D eigenvalue weighted by Gasteiger charge is -2.02. The van der Waals surface area contributed by atoms with Crippen molar-refractivity contribution < 1.29 is 0 Å².